The van der Waals surface area contributed by atoms with E-state index in [9.17, 15) is 5.11 Å². The van der Waals surface area contributed by atoms with E-state index in [1.54, 1.807) is 25.4 Å². The molecule has 3 nitrogen and oxygen atoms in total. The van der Waals surface area contributed by atoms with Crippen molar-refractivity contribution in [1.82, 2.24) is 4.98 Å². The van der Waals surface area contributed by atoms with Gasteiger partial charge in [0.1, 0.15) is 5.75 Å². The van der Waals surface area contributed by atoms with E-state index in [-0.39, 0.29) is 5.75 Å². The Hall–Kier alpha value is -1.77. The van der Waals surface area contributed by atoms with Gasteiger partial charge in [0.2, 0.25) is 5.88 Å². The van der Waals surface area contributed by atoms with Crippen LogP contribution in [0.1, 0.15) is 25.3 Å². The number of rotatable bonds is 2. The Morgan fingerprint density at radius 2 is 2.06 bits per heavy atom. The third-order valence-corrected chi connectivity index (χ3v) is 2.66. The summed E-state index contributed by atoms with van der Waals surface area (Å²) < 4.78 is 5.27. The number of phenols is 1. The lowest BCUT2D eigenvalue weighted by Crippen LogP contribution is -1.95. The first-order valence-corrected chi connectivity index (χ1v) is 5.29. The molecule has 1 heterocycles. The fourth-order valence-electron chi connectivity index (χ4n) is 1.91. The number of hydrogen-bond acceptors (Lipinski definition) is 3. The second-order valence-corrected chi connectivity index (χ2v) is 4.11. The lowest BCUT2D eigenvalue weighted by atomic mass is 9.96. The van der Waals surface area contributed by atoms with Gasteiger partial charge < -0.3 is 9.84 Å². The van der Waals surface area contributed by atoms with Gasteiger partial charge in [0.05, 0.1) is 7.11 Å². The highest BCUT2D eigenvalue weighted by Gasteiger charge is 2.12. The number of nitrogens with zero attached hydrogens (tertiary/aromatic N) is 1. The fraction of sp³-hybridized carbons (Fsp3) is 0.308. The zero-order valence-corrected chi connectivity index (χ0v) is 9.69. The van der Waals surface area contributed by atoms with Crippen LogP contribution in [0.2, 0.25) is 0 Å². The predicted molar refractivity (Wildman–Crippen MR) is 64.0 cm³/mol. The minimum absolute atomic E-state index is 0.282. The molecule has 0 radical (unpaired) electrons. The van der Waals surface area contributed by atoms with Crippen LogP contribution in [0.4, 0.5) is 0 Å². The molecule has 0 aliphatic rings. The minimum Gasteiger partial charge on any atom is -0.508 e. The summed E-state index contributed by atoms with van der Waals surface area (Å²) in [4.78, 5) is 4.19. The first-order chi connectivity index (χ1) is 7.63. The van der Waals surface area contributed by atoms with Crippen molar-refractivity contribution in [1.29, 1.82) is 0 Å². The highest BCUT2D eigenvalue weighted by Crippen LogP contribution is 2.34. The Kier molecular flexibility index (Phi) is 2.69. The van der Waals surface area contributed by atoms with Gasteiger partial charge in [-0.25, -0.2) is 4.98 Å². The standard InChI is InChI=1S/C13H15NO2/c1-8(2)11-7-10(15)6-9-4-5-14-13(16-3)12(9)11/h4-8,15H,1-3H3. The maximum Gasteiger partial charge on any atom is 0.221 e. The molecule has 1 aromatic carbocycles. The summed E-state index contributed by atoms with van der Waals surface area (Å²) >= 11 is 0. The van der Waals surface area contributed by atoms with Crippen molar-refractivity contribution >= 4 is 10.8 Å². The smallest absolute Gasteiger partial charge is 0.221 e. The van der Waals surface area contributed by atoms with Gasteiger partial charge in [-0.1, -0.05) is 13.8 Å². The molecule has 0 aliphatic carbocycles. The van der Waals surface area contributed by atoms with Gasteiger partial charge in [0.15, 0.2) is 0 Å². The Balaban J connectivity index is 2.85. The second kappa shape index (κ2) is 4.00. The van der Waals surface area contributed by atoms with Gasteiger partial charge in [0, 0.05) is 11.6 Å². The molecule has 0 amide bonds. The first kappa shape index (κ1) is 10.7. The normalized spacial score (nSPS) is 11.0. The van der Waals surface area contributed by atoms with E-state index in [0.29, 0.717) is 11.8 Å². The Bertz CT molecular complexity index is 521. The van der Waals surface area contributed by atoms with Crippen LogP contribution < -0.4 is 4.74 Å². The second-order valence-electron chi connectivity index (χ2n) is 4.11. The molecular formula is C13H15NO2. The monoisotopic (exact) mass is 217 g/mol. The molecule has 2 aromatic rings. The summed E-state index contributed by atoms with van der Waals surface area (Å²) in [5.41, 5.74) is 1.06. The van der Waals surface area contributed by atoms with Crippen molar-refractivity contribution in [2.75, 3.05) is 7.11 Å². The van der Waals surface area contributed by atoms with Crippen molar-refractivity contribution in [3.63, 3.8) is 0 Å². The average molecular weight is 217 g/mol. The molecule has 0 spiro atoms. The molecule has 0 fully saturated rings. The summed E-state index contributed by atoms with van der Waals surface area (Å²) in [6.45, 7) is 4.17. The zero-order valence-electron chi connectivity index (χ0n) is 9.69. The van der Waals surface area contributed by atoms with Crippen molar-refractivity contribution in [3.05, 3.63) is 30.0 Å². The molecule has 2 rings (SSSR count). The van der Waals surface area contributed by atoms with E-state index in [0.717, 1.165) is 16.3 Å². The lowest BCUT2D eigenvalue weighted by Gasteiger charge is -2.13. The minimum atomic E-state index is 0.282. The van der Waals surface area contributed by atoms with Crippen molar-refractivity contribution < 1.29 is 9.84 Å². The summed E-state index contributed by atoms with van der Waals surface area (Å²) in [6, 6.07) is 5.38. The van der Waals surface area contributed by atoms with Gasteiger partial charge in [0.25, 0.3) is 0 Å². The maximum absolute atomic E-state index is 9.66. The summed E-state index contributed by atoms with van der Waals surface area (Å²) in [5, 5.41) is 11.6. The number of aromatic hydroxyl groups is 1. The van der Waals surface area contributed by atoms with Crippen LogP contribution in [0.25, 0.3) is 10.8 Å². The van der Waals surface area contributed by atoms with Crippen molar-refractivity contribution in [2.24, 2.45) is 0 Å². The number of ether oxygens (including phenoxy) is 1. The lowest BCUT2D eigenvalue weighted by molar-refractivity contribution is 0.403. The van der Waals surface area contributed by atoms with Crippen LogP contribution in [0.15, 0.2) is 24.4 Å². The highest BCUT2D eigenvalue weighted by molar-refractivity contribution is 5.91. The number of fused-ring (bicyclic) bond motifs is 1. The molecule has 0 unspecified atom stereocenters. The van der Waals surface area contributed by atoms with Gasteiger partial charge in [-0.15, -0.1) is 0 Å². The van der Waals surface area contributed by atoms with Crippen LogP contribution in [0.5, 0.6) is 11.6 Å². The van der Waals surface area contributed by atoms with E-state index in [1.165, 1.54) is 0 Å². The zero-order chi connectivity index (χ0) is 11.7. The first-order valence-electron chi connectivity index (χ1n) is 5.29. The molecule has 0 bridgehead atoms. The van der Waals surface area contributed by atoms with Crippen molar-refractivity contribution in [2.45, 2.75) is 19.8 Å². The molecule has 84 valence electrons. The number of benzene rings is 1. The highest BCUT2D eigenvalue weighted by atomic mass is 16.5. The Labute approximate surface area is 94.7 Å². The number of aromatic nitrogens is 1. The molecule has 0 aliphatic heterocycles. The topological polar surface area (TPSA) is 42.4 Å². The van der Waals surface area contributed by atoms with E-state index < -0.39 is 0 Å². The molecule has 0 saturated carbocycles. The maximum atomic E-state index is 9.66. The molecule has 16 heavy (non-hydrogen) atoms. The van der Waals surface area contributed by atoms with Crippen LogP contribution in [-0.2, 0) is 0 Å². The van der Waals surface area contributed by atoms with E-state index >= 15 is 0 Å². The molecule has 1 aromatic heterocycles. The summed E-state index contributed by atoms with van der Waals surface area (Å²) in [7, 11) is 1.61. The third-order valence-electron chi connectivity index (χ3n) is 2.66. The van der Waals surface area contributed by atoms with Crippen molar-refractivity contribution in [3.8, 4) is 11.6 Å². The van der Waals surface area contributed by atoms with E-state index in [2.05, 4.69) is 18.8 Å². The molecular weight excluding hydrogens is 202 g/mol. The Morgan fingerprint density at radius 1 is 1.31 bits per heavy atom. The van der Waals surface area contributed by atoms with Gasteiger partial charge in [-0.2, -0.15) is 0 Å². The van der Waals surface area contributed by atoms with Gasteiger partial charge >= 0.3 is 0 Å². The number of pyridine rings is 1. The Morgan fingerprint density at radius 3 is 2.69 bits per heavy atom. The van der Waals surface area contributed by atoms with E-state index in [1.807, 2.05) is 6.07 Å². The molecule has 0 saturated heterocycles. The largest absolute Gasteiger partial charge is 0.508 e. The SMILES string of the molecule is COc1nccc2cc(O)cc(C(C)C)c12. The van der Waals surface area contributed by atoms with Crippen LogP contribution >= 0.6 is 0 Å². The number of phenolic OH excluding ortho intramolecular Hbond substituents is 1. The van der Waals surface area contributed by atoms with E-state index in [4.69, 9.17) is 4.74 Å². The number of hydrogen-bond donors (Lipinski definition) is 1. The predicted octanol–water partition coefficient (Wildman–Crippen LogP) is 3.07. The van der Waals surface area contributed by atoms with Crippen LogP contribution in [0, 0.1) is 0 Å². The van der Waals surface area contributed by atoms with Crippen LogP contribution in [-0.4, -0.2) is 17.2 Å². The quantitative estimate of drug-likeness (QED) is 0.840. The molecule has 0 atom stereocenters. The average Bonchev–Trinajstić information content (AvgIpc) is 2.26. The fourth-order valence-corrected chi connectivity index (χ4v) is 1.91. The molecule has 3 heteroatoms. The summed E-state index contributed by atoms with van der Waals surface area (Å²) in [5.74, 6) is 1.21. The van der Waals surface area contributed by atoms with Gasteiger partial charge in [-0.05, 0) is 35.1 Å². The molecule has 1 N–H and O–H groups in total. The van der Waals surface area contributed by atoms with Gasteiger partial charge in [-0.3, -0.25) is 0 Å². The number of methoxy groups -OCH3 is 1. The van der Waals surface area contributed by atoms with Crippen LogP contribution in [0.3, 0.4) is 0 Å². The third kappa shape index (κ3) is 1.69. The summed E-state index contributed by atoms with van der Waals surface area (Å²) in [6.07, 6.45) is 1.69.